The van der Waals surface area contributed by atoms with E-state index in [4.69, 9.17) is 10.2 Å². The Kier molecular flexibility index (Phi) is 13.6. The normalized spacial score (nSPS) is 13.4. The van der Waals surface area contributed by atoms with Crippen LogP contribution >= 0.6 is 0 Å². The van der Waals surface area contributed by atoms with Crippen LogP contribution in [0.1, 0.15) is 0 Å². The monoisotopic (exact) mass is 208 g/mol. The van der Waals surface area contributed by atoms with Gasteiger partial charge in [0.2, 0.25) is 0 Å². The molecule has 0 aromatic rings. The van der Waals surface area contributed by atoms with Crippen LogP contribution in [0.2, 0.25) is 0 Å². The molecule has 0 heterocycles. The Balaban J connectivity index is 0. The van der Waals surface area contributed by atoms with Crippen LogP contribution < -0.4 is 0 Å². The molecule has 0 saturated heterocycles. The van der Waals surface area contributed by atoms with Gasteiger partial charge >= 0.3 is 0 Å². The van der Waals surface area contributed by atoms with Gasteiger partial charge in [-0.3, -0.25) is 0 Å². The first-order chi connectivity index (χ1) is 6.62. The van der Waals surface area contributed by atoms with E-state index in [9.17, 15) is 9.59 Å². The number of hydrogen-bond donors (Lipinski definition) is 2. The lowest BCUT2D eigenvalue weighted by molar-refractivity contribution is -0.117. The second kappa shape index (κ2) is 12.2. The molecule has 6 nitrogen and oxygen atoms in total. The van der Waals surface area contributed by atoms with Crippen molar-refractivity contribution in [2.45, 2.75) is 12.2 Å². The number of aliphatic hydroxyl groups excluding tert-OH is 2. The van der Waals surface area contributed by atoms with Crippen molar-refractivity contribution >= 4 is 12.6 Å². The number of carbonyl (C=O) groups excluding carboxylic acids is 2. The summed E-state index contributed by atoms with van der Waals surface area (Å²) < 4.78 is 8.83. The van der Waals surface area contributed by atoms with Crippen LogP contribution in [-0.4, -0.2) is 62.4 Å². The number of aliphatic hydroxyl groups is 2. The zero-order valence-corrected chi connectivity index (χ0v) is 8.25. The number of hydrogen-bond acceptors (Lipinski definition) is 6. The second-order valence-corrected chi connectivity index (χ2v) is 2.32. The largest absolute Gasteiger partial charge is 0.383 e. The first-order valence-electron chi connectivity index (χ1n) is 3.86. The molecule has 2 atom stereocenters. The van der Waals surface area contributed by atoms with Gasteiger partial charge in [0, 0.05) is 14.2 Å². The van der Waals surface area contributed by atoms with E-state index in [1.807, 2.05) is 0 Å². The van der Waals surface area contributed by atoms with Gasteiger partial charge in [0.1, 0.15) is 12.2 Å². The zero-order valence-electron chi connectivity index (χ0n) is 8.25. The summed E-state index contributed by atoms with van der Waals surface area (Å²) in [6.07, 6.45) is -1.04. The Morgan fingerprint density at radius 2 is 1.29 bits per heavy atom. The molecule has 84 valence electrons. The van der Waals surface area contributed by atoms with Crippen molar-refractivity contribution in [1.82, 2.24) is 0 Å². The standard InChI is InChI=1S/2C4H8O3/c2*1-7-3-4(6)2-5/h2*2,4,6H,3H2,1H3. The molecule has 2 unspecified atom stereocenters. The summed E-state index contributed by atoms with van der Waals surface area (Å²) in [4.78, 5) is 19.1. The average Bonchev–Trinajstić information content (AvgIpc) is 2.19. The van der Waals surface area contributed by atoms with Crippen molar-refractivity contribution in [1.29, 1.82) is 0 Å². The molecule has 0 saturated carbocycles. The third-order valence-electron chi connectivity index (χ3n) is 0.989. The Labute approximate surface area is 82.4 Å². The maximum atomic E-state index is 9.56. The van der Waals surface area contributed by atoms with Crippen LogP contribution in [0.5, 0.6) is 0 Å². The predicted octanol–water partition coefficient (Wildman–Crippen LogP) is -1.61. The molecular formula is C8H16O6. The van der Waals surface area contributed by atoms with E-state index < -0.39 is 12.2 Å². The maximum absolute atomic E-state index is 9.56. The third-order valence-corrected chi connectivity index (χ3v) is 0.989. The Hall–Kier alpha value is -0.820. The molecule has 2 N–H and O–H groups in total. The van der Waals surface area contributed by atoms with E-state index in [0.717, 1.165) is 0 Å². The summed E-state index contributed by atoms with van der Waals surface area (Å²) >= 11 is 0. The topological polar surface area (TPSA) is 93.1 Å². The molecule has 0 fully saturated rings. The number of ether oxygens (including phenoxy) is 2. The fraction of sp³-hybridized carbons (Fsp3) is 0.750. The molecule has 6 heteroatoms. The van der Waals surface area contributed by atoms with Gasteiger partial charge < -0.3 is 29.3 Å². The highest BCUT2D eigenvalue weighted by Crippen LogP contribution is 1.74. The van der Waals surface area contributed by atoms with Gasteiger partial charge in [-0.1, -0.05) is 0 Å². The minimum absolute atomic E-state index is 0.0868. The summed E-state index contributed by atoms with van der Waals surface area (Å²) in [5.41, 5.74) is 0. The first-order valence-corrected chi connectivity index (χ1v) is 3.86. The van der Waals surface area contributed by atoms with E-state index in [-0.39, 0.29) is 13.2 Å². The van der Waals surface area contributed by atoms with Crippen LogP contribution in [-0.2, 0) is 19.1 Å². The molecule has 0 radical (unpaired) electrons. The summed E-state index contributed by atoms with van der Waals surface area (Å²) in [7, 11) is 2.85. The van der Waals surface area contributed by atoms with Gasteiger partial charge in [-0.25, -0.2) is 0 Å². The number of aldehydes is 2. The van der Waals surface area contributed by atoms with E-state index in [0.29, 0.717) is 12.6 Å². The summed E-state index contributed by atoms with van der Waals surface area (Å²) in [5.74, 6) is 0. The Morgan fingerprint density at radius 1 is 1.00 bits per heavy atom. The molecule has 0 spiro atoms. The SMILES string of the molecule is COCC(O)C=O.COCC(O)C=O. The average molecular weight is 208 g/mol. The van der Waals surface area contributed by atoms with Gasteiger partial charge in [-0.05, 0) is 0 Å². The summed E-state index contributed by atoms with van der Waals surface area (Å²) in [5, 5.41) is 16.7. The van der Waals surface area contributed by atoms with Crippen molar-refractivity contribution in [2.24, 2.45) is 0 Å². The van der Waals surface area contributed by atoms with Gasteiger partial charge in [0.05, 0.1) is 13.2 Å². The van der Waals surface area contributed by atoms with Crippen molar-refractivity contribution in [3.63, 3.8) is 0 Å². The molecule has 0 aliphatic rings. The first kappa shape index (κ1) is 15.6. The number of carbonyl (C=O) groups is 2. The highest BCUT2D eigenvalue weighted by molar-refractivity contribution is 5.55. The summed E-state index contributed by atoms with van der Waals surface area (Å²) in [6.45, 7) is 0.174. The van der Waals surface area contributed by atoms with Crippen molar-refractivity contribution in [3.8, 4) is 0 Å². The Bertz CT molecular complexity index is 122. The molecule has 0 aliphatic carbocycles. The zero-order chi connectivity index (χ0) is 11.4. The maximum Gasteiger partial charge on any atom is 0.150 e. The van der Waals surface area contributed by atoms with E-state index in [2.05, 4.69) is 9.47 Å². The Morgan fingerprint density at radius 3 is 1.36 bits per heavy atom. The third kappa shape index (κ3) is 13.7. The van der Waals surface area contributed by atoms with Crippen molar-refractivity contribution in [3.05, 3.63) is 0 Å². The second-order valence-electron chi connectivity index (χ2n) is 2.32. The molecule has 0 rings (SSSR count). The minimum Gasteiger partial charge on any atom is -0.383 e. The molecular weight excluding hydrogens is 192 g/mol. The molecule has 0 aromatic heterocycles. The van der Waals surface area contributed by atoms with Crippen molar-refractivity contribution < 1.29 is 29.3 Å². The molecule has 0 amide bonds. The van der Waals surface area contributed by atoms with Crippen LogP contribution in [0, 0.1) is 0 Å². The number of rotatable bonds is 6. The lowest BCUT2D eigenvalue weighted by atomic mass is 10.4. The van der Waals surface area contributed by atoms with Crippen LogP contribution in [0.3, 0.4) is 0 Å². The van der Waals surface area contributed by atoms with E-state index >= 15 is 0 Å². The molecule has 14 heavy (non-hydrogen) atoms. The molecule has 0 aliphatic heterocycles. The highest BCUT2D eigenvalue weighted by Gasteiger charge is 1.96. The van der Waals surface area contributed by atoms with Crippen molar-refractivity contribution in [2.75, 3.05) is 27.4 Å². The van der Waals surface area contributed by atoms with E-state index in [1.165, 1.54) is 14.2 Å². The van der Waals surface area contributed by atoms with Gasteiger partial charge in [0.15, 0.2) is 12.6 Å². The quantitative estimate of drug-likeness (QED) is 0.510. The lowest BCUT2D eigenvalue weighted by Gasteiger charge is -1.96. The van der Waals surface area contributed by atoms with Crippen LogP contribution in [0.4, 0.5) is 0 Å². The molecule has 0 aromatic carbocycles. The van der Waals surface area contributed by atoms with E-state index in [1.54, 1.807) is 0 Å². The van der Waals surface area contributed by atoms with Crippen LogP contribution in [0.15, 0.2) is 0 Å². The minimum atomic E-state index is -0.954. The van der Waals surface area contributed by atoms with Gasteiger partial charge in [-0.2, -0.15) is 0 Å². The van der Waals surface area contributed by atoms with Gasteiger partial charge in [0.25, 0.3) is 0 Å². The smallest absolute Gasteiger partial charge is 0.150 e. The van der Waals surface area contributed by atoms with Gasteiger partial charge in [-0.15, -0.1) is 0 Å². The fourth-order valence-corrected chi connectivity index (χ4v) is 0.420. The fourth-order valence-electron chi connectivity index (χ4n) is 0.420. The summed E-state index contributed by atoms with van der Waals surface area (Å²) in [6, 6.07) is 0. The predicted molar refractivity (Wildman–Crippen MR) is 47.9 cm³/mol. The molecule has 0 bridgehead atoms. The highest BCUT2D eigenvalue weighted by atomic mass is 16.5. The lowest BCUT2D eigenvalue weighted by Crippen LogP contribution is -2.14. The number of methoxy groups -OCH3 is 2. The van der Waals surface area contributed by atoms with Crippen LogP contribution in [0.25, 0.3) is 0 Å².